The van der Waals surface area contributed by atoms with Crippen molar-refractivity contribution in [2.75, 3.05) is 0 Å². The lowest BCUT2D eigenvalue weighted by Gasteiger charge is -2.19. The molecule has 1 unspecified atom stereocenters. The maximum atomic E-state index is 12.5. The van der Waals surface area contributed by atoms with Gasteiger partial charge in [-0.15, -0.1) is 0 Å². The number of amides is 1. The summed E-state index contributed by atoms with van der Waals surface area (Å²) in [7, 11) is 0. The van der Waals surface area contributed by atoms with Crippen molar-refractivity contribution in [2.45, 2.75) is 26.3 Å². The van der Waals surface area contributed by atoms with E-state index in [1.54, 1.807) is 0 Å². The van der Waals surface area contributed by atoms with Crippen molar-refractivity contribution in [1.82, 2.24) is 5.32 Å². The molecular weight excluding hydrogens is 342 g/mol. The SMILES string of the molecule is CC(=O)NC(CC(=O)c1ccc(C)cc1)c1ccccc1Br. The summed E-state index contributed by atoms with van der Waals surface area (Å²) in [5, 5.41) is 2.86. The van der Waals surface area contributed by atoms with E-state index in [-0.39, 0.29) is 24.2 Å². The normalized spacial score (nSPS) is 11.8. The Morgan fingerprint density at radius 1 is 1.09 bits per heavy atom. The van der Waals surface area contributed by atoms with Crippen LogP contribution < -0.4 is 5.32 Å². The van der Waals surface area contributed by atoms with Gasteiger partial charge in [-0.25, -0.2) is 0 Å². The van der Waals surface area contributed by atoms with Crippen LogP contribution in [0.3, 0.4) is 0 Å². The monoisotopic (exact) mass is 359 g/mol. The van der Waals surface area contributed by atoms with Crippen LogP contribution in [0, 0.1) is 6.92 Å². The molecule has 0 fully saturated rings. The van der Waals surface area contributed by atoms with Crippen molar-refractivity contribution >= 4 is 27.6 Å². The predicted molar refractivity (Wildman–Crippen MR) is 90.8 cm³/mol. The number of carbonyl (C=O) groups excluding carboxylic acids is 2. The number of rotatable bonds is 5. The molecule has 1 atom stereocenters. The van der Waals surface area contributed by atoms with Crippen LogP contribution in [-0.2, 0) is 4.79 Å². The summed E-state index contributed by atoms with van der Waals surface area (Å²) in [4.78, 5) is 23.9. The average Bonchev–Trinajstić information content (AvgIpc) is 2.47. The van der Waals surface area contributed by atoms with E-state index in [2.05, 4.69) is 21.2 Å². The van der Waals surface area contributed by atoms with Gasteiger partial charge in [0.1, 0.15) is 0 Å². The van der Waals surface area contributed by atoms with Crippen molar-refractivity contribution in [3.63, 3.8) is 0 Å². The Labute approximate surface area is 138 Å². The van der Waals surface area contributed by atoms with Crippen LogP contribution in [0.5, 0.6) is 0 Å². The van der Waals surface area contributed by atoms with Crippen molar-refractivity contribution in [3.8, 4) is 0 Å². The Morgan fingerprint density at radius 2 is 1.73 bits per heavy atom. The van der Waals surface area contributed by atoms with E-state index in [4.69, 9.17) is 0 Å². The van der Waals surface area contributed by atoms with Gasteiger partial charge in [0, 0.05) is 23.4 Å². The molecule has 0 aromatic heterocycles. The Bertz CT molecular complexity index is 680. The second kappa shape index (κ2) is 7.36. The van der Waals surface area contributed by atoms with Crippen molar-refractivity contribution in [1.29, 1.82) is 0 Å². The lowest BCUT2D eigenvalue weighted by atomic mass is 9.97. The zero-order valence-corrected chi connectivity index (χ0v) is 14.2. The molecule has 1 N–H and O–H groups in total. The highest BCUT2D eigenvalue weighted by molar-refractivity contribution is 9.10. The molecule has 2 aromatic carbocycles. The van der Waals surface area contributed by atoms with E-state index in [0.717, 1.165) is 15.6 Å². The first-order chi connectivity index (χ1) is 10.5. The summed E-state index contributed by atoms with van der Waals surface area (Å²) in [5.41, 5.74) is 2.67. The topological polar surface area (TPSA) is 46.2 Å². The van der Waals surface area contributed by atoms with E-state index < -0.39 is 0 Å². The van der Waals surface area contributed by atoms with Gasteiger partial charge in [0.25, 0.3) is 0 Å². The van der Waals surface area contributed by atoms with Crippen molar-refractivity contribution < 1.29 is 9.59 Å². The Balaban J connectivity index is 2.23. The van der Waals surface area contributed by atoms with Gasteiger partial charge in [0.15, 0.2) is 5.78 Å². The fourth-order valence-electron chi connectivity index (χ4n) is 2.28. The van der Waals surface area contributed by atoms with Crippen LogP contribution in [0.4, 0.5) is 0 Å². The number of aryl methyl sites for hydroxylation is 1. The number of ketones is 1. The fraction of sp³-hybridized carbons (Fsp3) is 0.222. The number of halogens is 1. The average molecular weight is 360 g/mol. The minimum absolute atomic E-state index is 0.00880. The van der Waals surface area contributed by atoms with Gasteiger partial charge in [-0.1, -0.05) is 64.0 Å². The van der Waals surface area contributed by atoms with E-state index in [9.17, 15) is 9.59 Å². The van der Waals surface area contributed by atoms with Gasteiger partial charge < -0.3 is 5.32 Å². The van der Waals surface area contributed by atoms with Crippen molar-refractivity contribution in [2.24, 2.45) is 0 Å². The fourth-order valence-corrected chi connectivity index (χ4v) is 2.85. The Morgan fingerprint density at radius 3 is 2.32 bits per heavy atom. The van der Waals surface area contributed by atoms with Crippen molar-refractivity contribution in [3.05, 3.63) is 69.7 Å². The minimum atomic E-state index is -0.345. The summed E-state index contributed by atoms with van der Waals surface area (Å²) in [6, 6.07) is 14.7. The third kappa shape index (κ3) is 4.28. The Hall–Kier alpha value is -1.94. The molecule has 22 heavy (non-hydrogen) atoms. The molecule has 0 aliphatic carbocycles. The quantitative estimate of drug-likeness (QED) is 0.812. The summed E-state index contributed by atoms with van der Waals surface area (Å²) in [6.07, 6.45) is 0.227. The molecule has 0 aliphatic heterocycles. The molecular formula is C18H18BrNO2. The highest BCUT2D eigenvalue weighted by Gasteiger charge is 2.20. The molecule has 0 saturated heterocycles. The second-order valence-corrected chi connectivity index (χ2v) is 6.12. The van der Waals surface area contributed by atoms with Gasteiger partial charge in [-0.2, -0.15) is 0 Å². The number of nitrogens with one attached hydrogen (secondary N) is 1. The molecule has 114 valence electrons. The van der Waals surface area contributed by atoms with Gasteiger partial charge in [0.2, 0.25) is 5.91 Å². The van der Waals surface area contributed by atoms with Gasteiger partial charge in [-0.05, 0) is 18.6 Å². The molecule has 0 bridgehead atoms. The molecule has 0 radical (unpaired) electrons. The molecule has 0 heterocycles. The summed E-state index contributed by atoms with van der Waals surface area (Å²) < 4.78 is 0.880. The highest BCUT2D eigenvalue weighted by Crippen LogP contribution is 2.26. The van der Waals surface area contributed by atoms with Gasteiger partial charge >= 0.3 is 0 Å². The molecule has 0 aliphatic rings. The number of hydrogen-bond acceptors (Lipinski definition) is 2. The highest BCUT2D eigenvalue weighted by atomic mass is 79.9. The molecule has 4 heteroatoms. The first-order valence-corrected chi connectivity index (χ1v) is 7.88. The molecule has 0 spiro atoms. The number of Topliss-reactive ketones (excluding diaryl/α,β-unsaturated/α-hetero) is 1. The van der Waals surface area contributed by atoms with E-state index in [1.807, 2.05) is 55.5 Å². The van der Waals surface area contributed by atoms with Crippen LogP contribution in [0.1, 0.15) is 40.9 Å². The molecule has 2 aromatic rings. The second-order valence-electron chi connectivity index (χ2n) is 5.27. The molecule has 0 saturated carbocycles. The summed E-state index contributed by atoms with van der Waals surface area (Å²) in [6.45, 7) is 3.44. The van der Waals surface area contributed by atoms with E-state index >= 15 is 0 Å². The third-order valence-corrected chi connectivity index (χ3v) is 4.14. The lowest BCUT2D eigenvalue weighted by molar-refractivity contribution is -0.119. The lowest BCUT2D eigenvalue weighted by Crippen LogP contribution is -2.28. The largest absolute Gasteiger partial charge is 0.349 e. The standard InChI is InChI=1S/C18H18BrNO2/c1-12-7-9-14(10-8-12)18(22)11-17(20-13(2)21)15-5-3-4-6-16(15)19/h3-10,17H,11H2,1-2H3,(H,20,21). The van der Waals surface area contributed by atoms with Crippen LogP contribution in [0.2, 0.25) is 0 Å². The molecule has 1 amide bonds. The number of hydrogen-bond donors (Lipinski definition) is 1. The van der Waals surface area contributed by atoms with Gasteiger partial charge in [0.05, 0.1) is 6.04 Å². The smallest absolute Gasteiger partial charge is 0.217 e. The third-order valence-electron chi connectivity index (χ3n) is 3.42. The van der Waals surface area contributed by atoms with Crippen LogP contribution in [0.15, 0.2) is 53.0 Å². The zero-order chi connectivity index (χ0) is 16.1. The maximum Gasteiger partial charge on any atom is 0.217 e. The summed E-state index contributed by atoms with van der Waals surface area (Å²) >= 11 is 3.48. The predicted octanol–water partition coefficient (Wildman–Crippen LogP) is 4.21. The first-order valence-electron chi connectivity index (χ1n) is 7.09. The van der Waals surface area contributed by atoms with Crippen LogP contribution >= 0.6 is 15.9 Å². The van der Waals surface area contributed by atoms with Gasteiger partial charge in [-0.3, -0.25) is 9.59 Å². The van der Waals surface area contributed by atoms with Crippen LogP contribution in [0.25, 0.3) is 0 Å². The molecule has 2 rings (SSSR count). The van der Waals surface area contributed by atoms with E-state index in [0.29, 0.717) is 5.56 Å². The summed E-state index contributed by atoms with van der Waals surface area (Å²) in [5.74, 6) is -0.146. The molecule has 3 nitrogen and oxygen atoms in total. The minimum Gasteiger partial charge on any atom is -0.349 e. The van der Waals surface area contributed by atoms with Crippen LogP contribution in [-0.4, -0.2) is 11.7 Å². The Kier molecular flexibility index (Phi) is 5.50. The zero-order valence-electron chi connectivity index (χ0n) is 12.6. The van der Waals surface area contributed by atoms with E-state index in [1.165, 1.54) is 6.92 Å². The number of benzene rings is 2. The maximum absolute atomic E-state index is 12.5. The first kappa shape index (κ1) is 16.4. The number of carbonyl (C=O) groups is 2.